The highest BCUT2D eigenvalue weighted by Crippen LogP contribution is 2.34. The van der Waals surface area contributed by atoms with Crippen LogP contribution in [0.5, 0.6) is 11.5 Å². The van der Waals surface area contributed by atoms with Crippen molar-refractivity contribution >= 4 is 50.7 Å². The minimum atomic E-state index is -4.30. The number of nitrogens with one attached hydrogen (secondary N) is 1. The smallest absolute Gasteiger partial charge is 0.264 e. The van der Waals surface area contributed by atoms with E-state index in [1.165, 1.54) is 43.4 Å². The Bertz CT molecular complexity index is 1830. The molecule has 0 radical (unpaired) electrons. The van der Waals surface area contributed by atoms with Crippen LogP contribution in [0, 0.1) is 0 Å². The molecule has 1 atom stereocenters. The molecule has 0 aliphatic heterocycles. The molecule has 0 bridgehead atoms. The molecule has 0 aliphatic carbocycles. The van der Waals surface area contributed by atoms with Gasteiger partial charge >= 0.3 is 0 Å². The van der Waals surface area contributed by atoms with Gasteiger partial charge in [-0.15, -0.1) is 0 Å². The van der Waals surface area contributed by atoms with Gasteiger partial charge in [-0.2, -0.15) is 0 Å². The van der Waals surface area contributed by atoms with E-state index < -0.39 is 40.0 Å². The Kier molecular flexibility index (Phi) is 12.0. The number of hydrogen-bond donors (Lipinski definition) is 1. The maximum atomic E-state index is 14.7. The molecule has 254 valence electrons. The van der Waals surface area contributed by atoms with Crippen LogP contribution in [-0.2, 0) is 32.6 Å². The van der Waals surface area contributed by atoms with Gasteiger partial charge in [0.25, 0.3) is 10.0 Å². The standard InChI is InChI=1S/C36H39Cl2N3O6S/c1-36(2,3)39-35(43)31(21-25-12-8-6-9-13-25)40(23-26-16-18-29(37)30(38)20-26)34(42)24-41(48(44,45)28-14-10-7-11-15-28)27-17-19-32(46-4)33(22-27)47-5/h6-20,22,31H,21,23-24H2,1-5H3,(H,39,43). The summed E-state index contributed by atoms with van der Waals surface area (Å²) < 4.78 is 40.3. The third-order valence-corrected chi connectivity index (χ3v) is 9.90. The molecule has 1 N–H and O–H groups in total. The van der Waals surface area contributed by atoms with E-state index in [9.17, 15) is 18.0 Å². The molecule has 0 saturated heterocycles. The van der Waals surface area contributed by atoms with Crippen molar-refractivity contribution in [1.29, 1.82) is 0 Å². The quantitative estimate of drug-likeness (QED) is 0.164. The van der Waals surface area contributed by atoms with Crippen molar-refractivity contribution in [3.63, 3.8) is 0 Å². The van der Waals surface area contributed by atoms with Gasteiger partial charge in [-0.25, -0.2) is 8.42 Å². The van der Waals surface area contributed by atoms with Crippen LogP contribution in [0.15, 0.2) is 102 Å². The van der Waals surface area contributed by atoms with Gasteiger partial charge in [-0.05, 0) is 68.3 Å². The SMILES string of the molecule is COc1ccc(N(CC(=O)N(Cc2ccc(Cl)c(Cl)c2)C(Cc2ccccc2)C(=O)NC(C)(C)C)S(=O)(=O)c2ccccc2)cc1OC. The summed E-state index contributed by atoms with van der Waals surface area (Å²) in [5.41, 5.74) is 0.959. The topological polar surface area (TPSA) is 105 Å². The number of hydrogen-bond acceptors (Lipinski definition) is 6. The molecule has 0 aromatic heterocycles. The third-order valence-electron chi connectivity index (χ3n) is 7.37. The number of ether oxygens (including phenoxy) is 2. The van der Waals surface area contributed by atoms with E-state index in [2.05, 4.69) is 5.32 Å². The van der Waals surface area contributed by atoms with Crippen molar-refractivity contribution in [1.82, 2.24) is 10.2 Å². The minimum Gasteiger partial charge on any atom is -0.493 e. The van der Waals surface area contributed by atoms with E-state index in [-0.39, 0.29) is 34.3 Å². The van der Waals surface area contributed by atoms with Crippen molar-refractivity contribution in [3.05, 3.63) is 118 Å². The Labute approximate surface area is 292 Å². The molecule has 12 heteroatoms. The maximum Gasteiger partial charge on any atom is 0.264 e. The summed E-state index contributed by atoms with van der Waals surface area (Å²) in [4.78, 5) is 30.1. The monoisotopic (exact) mass is 711 g/mol. The summed E-state index contributed by atoms with van der Waals surface area (Å²) in [5, 5.41) is 3.62. The van der Waals surface area contributed by atoms with E-state index in [0.29, 0.717) is 16.3 Å². The Balaban J connectivity index is 1.86. The molecule has 0 fully saturated rings. The van der Waals surface area contributed by atoms with Gasteiger partial charge in [0.2, 0.25) is 11.8 Å². The van der Waals surface area contributed by atoms with Crippen molar-refractivity contribution in [2.24, 2.45) is 0 Å². The minimum absolute atomic E-state index is 0.0186. The van der Waals surface area contributed by atoms with Crippen LogP contribution in [-0.4, -0.2) is 57.5 Å². The number of amides is 2. The fourth-order valence-electron chi connectivity index (χ4n) is 5.07. The molecule has 4 aromatic carbocycles. The molecule has 2 amide bonds. The number of carbonyl (C=O) groups excluding carboxylic acids is 2. The first-order valence-electron chi connectivity index (χ1n) is 15.1. The van der Waals surface area contributed by atoms with Crippen LogP contribution in [0.3, 0.4) is 0 Å². The summed E-state index contributed by atoms with van der Waals surface area (Å²) >= 11 is 12.6. The second-order valence-electron chi connectivity index (χ2n) is 12.1. The summed E-state index contributed by atoms with van der Waals surface area (Å²) in [6, 6.07) is 25.6. The number of anilines is 1. The van der Waals surface area contributed by atoms with Crippen molar-refractivity contribution in [2.75, 3.05) is 25.1 Å². The van der Waals surface area contributed by atoms with Crippen LogP contribution >= 0.6 is 23.2 Å². The number of methoxy groups -OCH3 is 2. The summed E-state index contributed by atoms with van der Waals surface area (Å²) in [6.07, 6.45) is 0.164. The molecule has 4 rings (SSSR count). The van der Waals surface area contributed by atoms with E-state index in [1.54, 1.807) is 42.5 Å². The summed E-state index contributed by atoms with van der Waals surface area (Å²) in [5.74, 6) is -0.369. The van der Waals surface area contributed by atoms with Crippen LogP contribution in [0.1, 0.15) is 31.9 Å². The molecule has 9 nitrogen and oxygen atoms in total. The molecular weight excluding hydrogens is 673 g/mol. The molecule has 48 heavy (non-hydrogen) atoms. The lowest BCUT2D eigenvalue weighted by molar-refractivity contribution is -0.140. The first kappa shape index (κ1) is 36.6. The number of sulfonamides is 1. The number of benzene rings is 4. The molecule has 4 aromatic rings. The highest BCUT2D eigenvalue weighted by Gasteiger charge is 2.36. The van der Waals surface area contributed by atoms with Crippen LogP contribution < -0.4 is 19.1 Å². The predicted molar refractivity (Wildman–Crippen MR) is 189 cm³/mol. The number of nitrogens with zero attached hydrogens (tertiary/aromatic N) is 2. The Morgan fingerprint density at radius 3 is 2.00 bits per heavy atom. The van der Waals surface area contributed by atoms with Crippen molar-refractivity contribution in [3.8, 4) is 11.5 Å². The molecule has 1 unspecified atom stereocenters. The van der Waals surface area contributed by atoms with Gasteiger partial charge in [-0.1, -0.05) is 77.8 Å². The van der Waals surface area contributed by atoms with Crippen LogP contribution in [0.4, 0.5) is 5.69 Å². The van der Waals surface area contributed by atoms with Gasteiger partial charge in [0.15, 0.2) is 11.5 Å². The lowest BCUT2D eigenvalue weighted by atomic mass is 10.0. The van der Waals surface area contributed by atoms with E-state index in [4.69, 9.17) is 32.7 Å². The first-order valence-corrected chi connectivity index (χ1v) is 17.3. The van der Waals surface area contributed by atoms with Gasteiger partial charge in [-0.3, -0.25) is 13.9 Å². The van der Waals surface area contributed by atoms with Gasteiger partial charge in [0, 0.05) is 24.6 Å². The second kappa shape index (κ2) is 15.8. The zero-order valence-corrected chi connectivity index (χ0v) is 29.8. The highest BCUT2D eigenvalue weighted by atomic mass is 35.5. The van der Waals surface area contributed by atoms with Gasteiger partial charge < -0.3 is 19.7 Å². The zero-order chi connectivity index (χ0) is 35.1. The average Bonchev–Trinajstić information content (AvgIpc) is 3.06. The zero-order valence-electron chi connectivity index (χ0n) is 27.4. The number of carbonyl (C=O) groups is 2. The lowest BCUT2D eigenvalue weighted by Crippen LogP contribution is -2.56. The number of rotatable bonds is 13. The van der Waals surface area contributed by atoms with Crippen LogP contribution in [0.2, 0.25) is 10.0 Å². The molecule has 0 spiro atoms. The Hall–Kier alpha value is -4.25. The molecule has 0 aliphatic rings. The van der Waals surface area contributed by atoms with Gasteiger partial charge in [0.1, 0.15) is 12.6 Å². The van der Waals surface area contributed by atoms with Crippen molar-refractivity contribution < 1.29 is 27.5 Å². The summed E-state index contributed by atoms with van der Waals surface area (Å²) in [7, 11) is -1.39. The number of halogens is 2. The predicted octanol–water partition coefficient (Wildman–Crippen LogP) is 6.76. The maximum absolute atomic E-state index is 14.7. The van der Waals surface area contributed by atoms with E-state index >= 15 is 0 Å². The van der Waals surface area contributed by atoms with E-state index in [0.717, 1.165) is 9.87 Å². The first-order chi connectivity index (χ1) is 22.7. The van der Waals surface area contributed by atoms with Gasteiger partial charge in [0.05, 0.1) is 34.8 Å². The van der Waals surface area contributed by atoms with E-state index in [1.807, 2.05) is 51.1 Å². The highest BCUT2D eigenvalue weighted by molar-refractivity contribution is 7.92. The Morgan fingerprint density at radius 1 is 0.792 bits per heavy atom. The largest absolute Gasteiger partial charge is 0.493 e. The Morgan fingerprint density at radius 2 is 1.42 bits per heavy atom. The van der Waals surface area contributed by atoms with Crippen LogP contribution in [0.25, 0.3) is 0 Å². The fraction of sp³-hybridized carbons (Fsp3) is 0.278. The average molecular weight is 713 g/mol. The third kappa shape index (κ3) is 9.21. The molecular formula is C36H39Cl2N3O6S. The molecule has 0 saturated carbocycles. The molecule has 0 heterocycles. The fourth-order valence-corrected chi connectivity index (χ4v) is 6.82. The normalized spacial score (nSPS) is 12.1. The van der Waals surface area contributed by atoms with Crippen molar-refractivity contribution in [2.45, 2.75) is 50.2 Å². The second-order valence-corrected chi connectivity index (χ2v) is 14.8. The lowest BCUT2D eigenvalue weighted by Gasteiger charge is -2.35. The summed E-state index contributed by atoms with van der Waals surface area (Å²) in [6.45, 7) is 4.85.